The zero-order valence-electron chi connectivity index (χ0n) is 20.5. The summed E-state index contributed by atoms with van der Waals surface area (Å²) in [5.74, 6) is -0.281. The van der Waals surface area contributed by atoms with E-state index in [1.807, 2.05) is 24.3 Å². The molecule has 36 heavy (non-hydrogen) atoms. The lowest BCUT2D eigenvalue weighted by Crippen LogP contribution is -2.42. The van der Waals surface area contributed by atoms with Gasteiger partial charge in [0.25, 0.3) is 5.91 Å². The second-order valence-corrected chi connectivity index (χ2v) is 9.55. The van der Waals surface area contributed by atoms with Crippen LogP contribution in [0.3, 0.4) is 0 Å². The van der Waals surface area contributed by atoms with Crippen LogP contribution in [-0.2, 0) is 4.74 Å². The normalized spacial score (nSPS) is 18.2. The Morgan fingerprint density at radius 1 is 1.31 bits per heavy atom. The Balaban J connectivity index is 1.53. The fourth-order valence-corrected chi connectivity index (χ4v) is 4.04. The van der Waals surface area contributed by atoms with Gasteiger partial charge in [0, 0.05) is 25.5 Å². The van der Waals surface area contributed by atoms with E-state index in [0.717, 1.165) is 24.1 Å². The summed E-state index contributed by atoms with van der Waals surface area (Å²) in [6, 6.07) is 9.46. The summed E-state index contributed by atoms with van der Waals surface area (Å²) in [6.07, 6.45) is 2.57. The molecule has 3 aromatic rings. The minimum Gasteiger partial charge on any atom is -0.449 e. The van der Waals surface area contributed by atoms with Gasteiger partial charge in [-0.25, -0.2) is 13.7 Å². The van der Waals surface area contributed by atoms with E-state index in [1.54, 1.807) is 16.8 Å². The maximum atomic E-state index is 14.2. The van der Waals surface area contributed by atoms with Crippen molar-refractivity contribution in [3.63, 3.8) is 0 Å². The number of carbonyl (C=O) groups excluding carboxylic acids is 2. The molecule has 0 aromatic carbocycles. The van der Waals surface area contributed by atoms with E-state index in [9.17, 15) is 19.1 Å². The Hall–Kier alpha value is -3.73. The SMILES string of the molecule is CNC(=O)OCC1CC(Nc2cc(-c3ccc4cccnn34)ncc2C(=O)NC[C@@H](F)C(C)(C)O)C1. The first-order chi connectivity index (χ1) is 17.2. The van der Waals surface area contributed by atoms with Gasteiger partial charge in [-0.2, -0.15) is 5.10 Å². The Labute approximate surface area is 208 Å². The van der Waals surface area contributed by atoms with Crippen LogP contribution in [0.5, 0.6) is 0 Å². The third-order valence-corrected chi connectivity index (χ3v) is 6.29. The summed E-state index contributed by atoms with van der Waals surface area (Å²) in [6.45, 7) is 2.69. The van der Waals surface area contributed by atoms with Gasteiger partial charge >= 0.3 is 6.09 Å². The predicted molar refractivity (Wildman–Crippen MR) is 132 cm³/mol. The van der Waals surface area contributed by atoms with Gasteiger partial charge < -0.3 is 25.8 Å². The molecule has 4 N–H and O–H groups in total. The number of anilines is 1. The van der Waals surface area contributed by atoms with Crippen LogP contribution in [0.4, 0.5) is 14.9 Å². The van der Waals surface area contributed by atoms with Crippen molar-refractivity contribution in [1.29, 1.82) is 0 Å². The highest BCUT2D eigenvalue weighted by atomic mass is 19.1. The summed E-state index contributed by atoms with van der Waals surface area (Å²) in [5.41, 5.74) is 1.53. The zero-order valence-corrected chi connectivity index (χ0v) is 20.5. The standard InChI is InChI=1S/C25H31FN6O4/c1-25(2,35)22(26)13-29-23(33)18-12-28-20(21-7-6-17-5-4-8-30-32(17)21)11-19(18)31-16-9-15(10-16)14-36-24(34)27-3/h4-8,11-12,15-16,22,35H,9-10,13-14H2,1-3H3,(H,27,34)(H,28,31)(H,29,33)/t15?,16?,22-/m1/s1. The number of hydrogen-bond donors (Lipinski definition) is 4. The predicted octanol–water partition coefficient (Wildman–Crippen LogP) is 2.78. The van der Waals surface area contributed by atoms with E-state index < -0.39 is 23.8 Å². The Bertz CT molecular complexity index is 1230. The van der Waals surface area contributed by atoms with E-state index in [1.165, 1.54) is 27.1 Å². The summed E-state index contributed by atoms with van der Waals surface area (Å²) in [7, 11) is 1.51. The molecule has 0 spiro atoms. The van der Waals surface area contributed by atoms with E-state index in [2.05, 4.69) is 26.0 Å². The Kier molecular flexibility index (Phi) is 7.39. The quantitative estimate of drug-likeness (QED) is 0.357. The van der Waals surface area contributed by atoms with Crippen molar-refractivity contribution in [2.45, 2.75) is 44.5 Å². The fourth-order valence-electron chi connectivity index (χ4n) is 4.04. The second-order valence-electron chi connectivity index (χ2n) is 9.55. The lowest BCUT2D eigenvalue weighted by molar-refractivity contribution is -0.00178. The van der Waals surface area contributed by atoms with Crippen molar-refractivity contribution in [1.82, 2.24) is 25.2 Å². The van der Waals surface area contributed by atoms with Gasteiger partial charge in [-0.3, -0.25) is 9.78 Å². The van der Waals surface area contributed by atoms with Gasteiger partial charge in [-0.15, -0.1) is 0 Å². The van der Waals surface area contributed by atoms with E-state index in [0.29, 0.717) is 18.0 Å². The number of nitrogens with zero attached hydrogens (tertiary/aromatic N) is 3. The van der Waals surface area contributed by atoms with Crippen molar-refractivity contribution >= 4 is 23.2 Å². The first-order valence-corrected chi connectivity index (χ1v) is 11.8. The van der Waals surface area contributed by atoms with Crippen LogP contribution in [0.25, 0.3) is 16.9 Å². The number of ether oxygens (including phenoxy) is 1. The largest absolute Gasteiger partial charge is 0.449 e. The van der Waals surface area contributed by atoms with Crippen molar-refractivity contribution in [2.75, 3.05) is 25.5 Å². The van der Waals surface area contributed by atoms with Crippen molar-refractivity contribution in [3.8, 4) is 11.4 Å². The third-order valence-electron chi connectivity index (χ3n) is 6.29. The van der Waals surface area contributed by atoms with Crippen LogP contribution >= 0.6 is 0 Å². The maximum absolute atomic E-state index is 14.2. The van der Waals surface area contributed by atoms with Crippen molar-refractivity contribution < 1.29 is 23.8 Å². The maximum Gasteiger partial charge on any atom is 0.406 e. The van der Waals surface area contributed by atoms with Gasteiger partial charge in [0.15, 0.2) is 0 Å². The Morgan fingerprint density at radius 2 is 2.08 bits per heavy atom. The molecule has 1 aliphatic rings. The first-order valence-electron chi connectivity index (χ1n) is 11.8. The van der Waals surface area contributed by atoms with Crippen LogP contribution < -0.4 is 16.0 Å². The highest BCUT2D eigenvalue weighted by Gasteiger charge is 2.32. The summed E-state index contributed by atoms with van der Waals surface area (Å²) >= 11 is 0. The van der Waals surface area contributed by atoms with E-state index in [-0.39, 0.29) is 24.1 Å². The van der Waals surface area contributed by atoms with Gasteiger partial charge in [0.2, 0.25) is 0 Å². The molecular weight excluding hydrogens is 467 g/mol. The molecule has 3 heterocycles. The van der Waals surface area contributed by atoms with Crippen LogP contribution in [0.15, 0.2) is 42.7 Å². The molecule has 11 heteroatoms. The number of hydrogen-bond acceptors (Lipinski definition) is 7. The summed E-state index contributed by atoms with van der Waals surface area (Å²) in [5, 5.41) is 22.6. The second kappa shape index (κ2) is 10.5. The van der Waals surface area contributed by atoms with Crippen LogP contribution in [0, 0.1) is 5.92 Å². The molecule has 2 amide bonds. The molecule has 0 bridgehead atoms. The molecule has 0 radical (unpaired) electrons. The van der Waals surface area contributed by atoms with Crippen LogP contribution in [0.1, 0.15) is 37.0 Å². The lowest BCUT2D eigenvalue weighted by atomic mass is 9.80. The van der Waals surface area contributed by atoms with Crippen molar-refractivity contribution in [2.24, 2.45) is 5.92 Å². The molecular formula is C25H31FN6O4. The smallest absolute Gasteiger partial charge is 0.406 e. The molecule has 1 fully saturated rings. The van der Waals surface area contributed by atoms with Crippen LogP contribution in [-0.4, -0.2) is 69.7 Å². The molecule has 10 nitrogen and oxygen atoms in total. The number of carbonyl (C=O) groups is 2. The lowest BCUT2D eigenvalue weighted by Gasteiger charge is -2.36. The number of aromatic nitrogens is 3. The topological polar surface area (TPSA) is 130 Å². The molecule has 0 saturated heterocycles. The number of alkyl halides is 1. The Morgan fingerprint density at radius 3 is 2.81 bits per heavy atom. The summed E-state index contributed by atoms with van der Waals surface area (Å²) in [4.78, 5) is 28.7. The van der Waals surface area contributed by atoms with E-state index >= 15 is 0 Å². The molecule has 1 aliphatic carbocycles. The zero-order chi connectivity index (χ0) is 25.9. The number of aliphatic hydroxyl groups is 1. The number of amides is 2. The number of pyridine rings is 1. The highest BCUT2D eigenvalue weighted by Crippen LogP contribution is 2.33. The molecule has 192 valence electrons. The van der Waals surface area contributed by atoms with E-state index in [4.69, 9.17) is 4.74 Å². The number of rotatable bonds is 9. The molecule has 1 atom stereocenters. The van der Waals surface area contributed by atoms with Gasteiger partial charge in [-0.1, -0.05) is 0 Å². The van der Waals surface area contributed by atoms with Crippen LogP contribution in [0.2, 0.25) is 0 Å². The number of fused-ring (bicyclic) bond motifs is 1. The van der Waals surface area contributed by atoms with Gasteiger partial charge in [0.05, 0.1) is 46.9 Å². The minimum absolute atomic E-state index is 0.0672. The molecule has 0 unspecified atom stereocenters. The highest BCUT2D eigenvalue weighted by molar-refractivity contribution is 6.00. The molecule has 1 saturated carbocycles. The van der Waals surface area contributed by atoms with Gasteiger partial charge in [0.1, 0.15) is 6.17 Å². The first kappa shape index (κ1) is 25.4. The number of halogens is 1. The van der Waals surface area contributed by atoms with Gasteiger partial charge in [-0.05, 0) is 62.9 Å². The average molecular weight is 499 g/mol. The molecule has 3 aromatic heterocycles. The number of nitrogens with one attached hydrogen (secondary N) is 3. The average Bonchev–Trinajstić information content (AvgIpc) is 3.26. The molecule has 0 aliphatic heterocycles. The fraction of sp³-hybridized carbons (Fsp3) is 0.440. The third kappa shape index (κ3) is 5.73. The monoisotopic (exact) mass is 498 g/mol. The van der Waals surface area contributed by atoms with Crippen molar-refractivity contribution in [3.05, 3.63) is 48.3 Å². The summed E-state index contributed by atoms with van der Waals surface area (Å²) < 4.78 is 21.1. The minimum atomic E-state index is -1.63. The molecule has 4 rings (SSSR count). The number of alkyl carbamates (subject to hydrolysis) is 1.